The predicted molar refractivity (Wildman–Crippen MR) is 74.5 cm³/mol. The van der Waals surface area contributed by atoms with E-state index in [0.29, 0.717) is 0 Å². The minimum atomic E-state index is 0.220. The summed E-state index contributed by atoms with van der Waals surface area (Å²) in [6, 6.07) is 0.220. The van der Waals surface area contributed by atoms with Crippen molar-refractivity contribution in [1.29, 1.82) is 0 Å². The maximum Gasteiger partial charge on any atom is 0.0226 e. The summed E-state index contributed by atoms with van der Waals surface area (Å²) in [7, 11) is 0. The molecule has 0 aliphatic carbocycles. The van der Waals surface area contributed by atoms with Gasteiger partial charge in [-0.1, -0.05) is 57.3 Å². The molecule has 0 radical (unpaired) electrons. The average molecular weight is 223 g/mol. The van der Waals surface area contributed by atoms with Crippen LogP contribution in [0.3, 0.4) is 0 Å². The summed E-state index contributed by atoms with van der Waals surface area (Å²) < 4.78 is 0. The zero-order valence-corrected chi connectivity index (χ0v) is 11.0. The molecule has 1 nitrogen and oxygen atoms in total. The minimum Gasteiger partial charge on any atom is -0.324 e. The van der Waals surface area contributed by atoms with Gasteiger partial charge in [0.1, 0.15) is 0 Å². The van der Waals surface area contributed by atoms with Crippen molar-refractivity contribution in [2.75, 3.05) is 0 Å². The van der Waals surface area contributed by atoms with Crippen molar-refractivity contribution >= 4 is 0 Å². The number of hydrogen-bond acceptors (Lipinski definition) is 1. The third-order valence-electron chi connectivity index (χ3n) is 2.81. The lowest BCUT2D eigenvalue weighted by atomic mass is 10.1. The van der Waals surface area contributed by atoms with Gasteiger partial charge in [-0.25, -0.2) is 0 Å². The fourth-order valence-electron chi connectivity index (χ4n) is 1.72. The molecule has 0 spiro atoms. The molecule has 0 aliphatic heterocycles. The van der Waals surface area contributed by atoms with Crippen LogP contribution >= 0.6 is 0 Å². The summed E-state index contributed by atoms with van der Waals surface area (Å²) in [5.41, 5.74) is 5.91. The predicted octanol–water partition coefficient (Wildman–Crippen LogP) is 4.59. The Hall–Kier alpha value is -0.560. The second-order valence-electron chi connectivity index (χ2n) is 4.51. The normalized spacial score (nSPS) is 13.1. The molecule has 0 aromatic heterocycles. The summed E-state index contributed by atoms with van der Waals surface area (Å²) in [4.78, 5) is 0. The highest BCUT2D eigenvalue weighted by atomic mass is 14.6. The Labute approximate surface area is 102 Å². The molecule has 0 aliphatic rings. The van der Waals surface area contributed by atoms with Crippen LogP contribution in [0.2, 0.25) is 0 Å². The van der Waals surface area contributed by atoms with Crippen LogP contribution < -0.4 is 5.73 Å². The van der Waals surface area contributed by atoms with Crippen molar-refractivity contribution in [2.24, 2.45) is 5.73 Å². The Balaban J connectivity index is 3.22. The first kappa shape index (κ1) is 15.4. The Morgan fingerprint density at radius 3 is 2.44 bits per heavy atom. The number of nitrogens with two attached hydrogens (primary N) is 1. The lowest BCUT2D eigenvalue weighted by Gasteiger charge is -2.03. The van der Waals surface area contributed by atoms with Gasteiger partial charge >= 0.3 is 0 Å². The molecular formula is C15H29N. The number of hydrogen-bond donors (Lipinski definition) is 1. The summed E-state index contributed by atoms with van der Waals surface area (Å²) in [5.74, 6) is 0. The Bertz CT molecular complexity index is 172. The maximum atomic E-state index is 5.91. The van der Waals surface area contributed by atoms with E-state index < -0.39 is 0 Å². The largest absolute Gasteiger partial charge is 0.324 e. The quantitative estimate of drug-likeness (QED) is 0.402. The van der Waals surface area contributed by atoms with E-state index in [1.165, 1.54) is 44.9 Å². The number of rotatable bonds is 11. The Morgan fingerprint density at radius 1 is 1.06 bits per heavy atom. The maximum absolute atomic E-state index is 5.91. The summed E-state index contributed by atoms with van der Waals surface area (Å²) >= 11 is 0. The first-order valence-electron chi connectivity index (χ1n) is 6.84. The van der Waals surface area contributed by atoms with Crippen LogP contribution in [0.5, 0.6) is 0 Å². The first-order valence-corrected chi connectivity index (χ1v) is 6.84. The summed E-state index contributed by atoms with van der Waals surface area (Å²) in [6.07, 6.45) is 17.8. The molecule has 1 heteroatoms. The van der Waals surface area contributed by atoms with E-state index in [0.717, 1.165) is 12.8 Å². The van der Waals surface area contributed by atoms with Crippen molar-refractivity contribution in [1.82, 2.24) is 0 Å². The molecule has 1 unspecified atom stereocenters. The molecule has 16 heavy (non-hydrogen) atoms. The number of unbranched alkanes of at least 4 members (excludes halogenated alkanes) is 6. The molecule has 0 saturated heterocycles. The van der Waals surface area contributed by atoms with E-state index in [1.54, 1.807) is 0 Å². The molecule has 0 aromatic rings. The van der Waals surface area contributed by atoms with E-state index in [4.69, 9.17) is 5.73 Å². The van der Waals surface area contributed by atoms with E-state index in [2.05, 4.69) is 25.7 Å². The van der Waals surface area contributed by atoms with Crippen LogP contribution in [0.15, 0.2) is 24.8 Å². The van der Waals surface area contributed by atoms with Gasteiger partial charge < -0.3 is 5.73 Å². The van der Waals surface area contributed by atoms with Gasteiger partial charge in [0.25, 0.3) is 0 Å². The van der Waals surface area contributed by atoms with E-state index in [-0.39, 0.29) is 6.04 Å². The highest BCUT2D eigenvalue weighted by Gasteiger charge is 1.94. The molecule has 94 valence electrons. The van der Waals surface area contributed by atoms with Crippen LogP contribution in [-0.4, -0.2) is 6.04 Å². The van der Waals surface area contributed by atoms with Gasteiger partial charge in [-0.05, 0) is 25.7 Å². The van der Waals surface area contributed by atoms with Crippen molar-refractivity contribution in [2.45, 2.75) is 70.8 Å². The first-order chi connectivity index (χ1) is 7.81. The van der Waals surface area contributed by atoms with Gasteiger partial charge in [0, 0.05) is 6.04 Å². The highest BCUT2D eigenvalue weighted by Crippen LogP contribution is 2.07. The van der Waals surface area contributed by atoms with Crippen molar-refractivity contribution < 1.29 is 0 Å². The molecule has 0 amide bonds. The van der Waals surface area contributed by atoms with Gasteiger partial charge in [-0.3, -0.25) is 0 Å². The highest BCUT2D eigenvalue weighted by molar-refractivity contribution is 4.92. The minimum absolute atomic E-state index is 0.220. The fraction of sp³-hybridized carbons (Fsp3) is 0.733. The molecule has 0 heterocycles. The monoisotopic (exact) mass is 223 g/mol. The van der Waals surface area contributed by atoms with Crippen molar-refractivity contribution in [3.05, 3.63) is 24.8 Å². The second kappa shape index (κ2) is 12.5. The van der Waals surface area contributed by atoms with Crippen LogP contribution in [-0.2, 0) is 0 Å². The molecule has 0 fully saturated rings. The van der Waals surface area contributed by atoms with E-state index >= 15 is 0 Å². The van der Waals surface area contributed by atoms with Gasteiger partial charge in [0.15, 0.2) is 0 Å². The molecule has 2 N–H and O–H groups in total. The van der Waals surface area contributed by atoms with Crippen molar-refractivity contribution in [3.63, 3.8) is 0 Å². The molecule has 0 saturated carbocycles. The summed E-state index contributed by atoms with van der Waals surface area (Å²) in [5, 5.41) is 0. The second-order valence-corrected chi connectivity index (χ2v) is 4.51. The third kappa shape index (κ3) is 11.5. The summed E-state index contributed by atoms with van der Waals surface area (Å²) in [6.45, 7) is 5.96. The Kier molecular flexibility index (Phi) is 12.1. The van der Waals surface area contributed by atoms with Gasteiger partial charge in [0.2, 0.25) is 0 Å². The van der Waals surface area contributed by atoms with Crippen molar-refractivity contribution in [3.8, 4) is 0 Å². The van der Waals surface area contributed by atoms with Crippen LogP contribution in [0, 0.1) is 0 Å². The fourth-order valence-corrected chi connectivity index (χ4v) is 1.72. The molecule has 1 atom stereocenters. The zero-order chi connectivity index (χ0) is 12.1. The van der Waals surface area contributed by atoms with Crippen LogP contribution in [0.1, 0.15) is 64.7 Å². The molecular weight excluding hydrogens is 194 g/mol. The van der Waals surface area contributed by atoms with Gasteiger partial charge in [-0.15, -0.1) is 6.58 Å². The van der Waals surface area contributed by atoms with E-state index in [1.807, 2.05) is 6.08 Å². The SMILES string of the molecule is C=CCCC(N)/C=C\CCCCCCCC. The van der Waals surface area contributed by atoms with E-state index in [9.17, 15) is 0 Å². The third-order valence-corrected chi connectivity index (χ3v) is 2.81. The lowest BCUT2D eigenvalue weighted by molar-refractivity contribution is 0.610. The van der Waals surface area contributed by atoms with Gasteiger partial charge in [0.05, 0.1) is 0 Å². The van der Waals surface area contributed by atoms with Gasteiger partial charge in [-0.2, -0.15) is 0 Å². The number of allylic oxidation sites excluding steroid dienone is 2. The standard InChI is InChI=1S/C15H29N/c1-3-5-7-8-9-10-11-12-14-15(16)13-6-4-2/h4,12,14-15H,2-3,5-11,13,16H2,1H3/b14-12-. The Morgan fingerprint density at radius 2 is 1.75 bits per heavy atom. The van der Waals surface area contributed by atoms with Crippen LogP contribution in [0.4, 0.5) is 0 Å². The zero-order valence-electron chi connectivity index (χ0n) is 11.0. The smallest absolute Gasteiger partial charge is 0.0226 e. The lowest BCUT2D eigenvalue weighted by Crippen LogP contribution is -2.15. The van der Waals surface area contributed by atoms with Crippen LogP contribution in [0.25, 0.3) is 0 Å². The average Bonchev–Trinajstić information content (AvgIpc) is 2.30. The molecule has 0 bridgehead atoms. The topological polar surface area (TPSA) is 26.0 Å². The molecule has 0 aromatic carbocycles. The molecule has 0 rings (SSSR count).